The lowest BCUT2D eigenvalue weighted by atomic mass is 10.1. The number of carbonyl (C=O) groups is 1. The fourth-order valence-electron chi connectivity index (χ4n) is 1.70. The van der Waals surface area contributed by atoms with Crippen LogP contribution in [-0.4, -0.2) is 37.9 Å². The van der Waals surface area contributed by atoms with Crippen molar-refractivity contribution in [2.24, 2.45) is 0 Å². The molecule has 2 aliphatic heterocycles. The Labute approximate surface area is 64.9 Å². The second-order valence-corrected chi connectivity index (χ2v) is 2.89. The molecule has 0 spiro atoms. The zero-order valence-electron chi connectivity index (χ0n) is 6.16. The maximum absolute atomic E-state index is 10.1. The molecule has 3 unspecified atom stereocenters. The summed E-state index contributed by atoms with van der Waals surface area (Å²) in [6.07, 6.45) is 1.98. The third-order valence-electron chi connectivity index (χ3n) is 2.25. The van der Waals surface area contributed by atoms with Gasteiger partial charge >= 0.3 is 0 Å². The molecule has 0 radical (unpaired) electrons. The van der Waals surface area contributed by atoms with Crippen molar-refractivity contribution < 1.29 is 14.3 Å². The number of nitrogens with one attached hydrogen (secondary N) is 1. The summed E-state index contributed by atoms with van der Waals surface area (Å²) in [4.78, 5) is 10.1. The zero-order chi connectivity index (χ0) is 7.68. The molecule has 1 amide bonds. The Bertz CT molecular complexity index is 162. The maximum Gasteiger partial charge on any atom is 0.207 e. The molecular weight excluding hydrogens is 146 g/mol. The molecule has 0 saturated carbocycles. The van der Waals surface area contributed by atoms with Crippen LogP contribution in [0.3, 0.4) is 0 Å². The van der Waals surface area contributed by atoms with Crippen LogP contribution >= 0.6 is 0 Å². The molecule has 0 aromatic carbocycles. The van der Waals surface area contributed by atoms with E-state index in [4.69, 9.17) is 9.47 Å². The van der Waals surface area contributed by atoms with E-state index in [0.29, 0.717) is 13.0 Å². The number of carbonyl (C=O) groups excluding carboxylic acids is 1. The summed E-state index contributed by atoms with van der Waals surface area (Å²) >= 11 is 0. The molecule has 4 heteroatoms. The molecule has 4 nitrogen and oxygen atoms in total. The van der Waals surface area contributed by atoms with Gasteiger partial charge in [-0.1, -0.05) is 0 Å². The lowest BCUT2D eigenvalue weighted by Crippen LogP contribution is -2.39. The van der Waals surface area contributed by atoms with Crippen molar-refractivity contribution in [2.45, 2.75) is 24.7 Å². The van der Waals surface area contributed by atoms with Crippen LogP contribution in [0.15, 0.2) is 0 Å². The predicted octanol–water partition coefficient (Wildman–Crippen LogP) is -0.711. The Morgan fingerprint density at radius 2 is 2.36 bits per heavy atom. The third-order valence-corrected chi connectivity index (χ3v) is 2.25. The second kappa shape index (κ2) is 2.79. The first-order chi connectivity index (χ1) is 5.42. The fraction of sp³-hybridized carbons (Fsp3) is 0.857. The van der Waals surface area contributed by atoms with Crippen LogP contribution in [0.4, 0.5) is 0 Å². The normalized spacial score (nSPS) is 42.0. The van der Waals surface area contributed by atoms with Crippen molar-refractivity contribution in [1.29, 1.82) is 0 Å². The van der Waals surface area contributed by atoms with Gasteiger partial charge in [0.25, 0.3) is 0 Å². The summed E-state index contributed by atoms with van der Waals surface area (Å²) in [5.74, 6) is 0. The first-order valence-corrected chi connectivity index (χ1v) is 3.84. The number of rotatable bonds is 2. The van der Waals surface area contributed by atoms with E-state index in [-0.39, 0.29) is 18.2 Å². The third kappa shape index (κ3) is 1.12. The first-order valence-electron chi connectivity index (χ1n) is 3.84. The summed E-state index contributed by atoms with van der Waals surface area (Å²) in [6, 6.07) is 0.0694. The molecule has 0 aromatic rings. The standard InChI is InChI=1S/C7H11NO3/c9-4-8-5-3-11-6-1-2-10-7(5)6/h4-7H,1-3H2,(H,8,9). The largest absolute Gasteiger partial charge is 0.373 e. The van der Waals surface area contributed by atoms with E-state index in [2.05, 4.69) is 5.32 Å². The molecule has 2 aliphatic rings. The van der Waals surface area contributed by atoms with E-state index >= 15 is 0 Å². The summed E-state index contributed by atoms with van der Waals surface area (Å²) in [7, 11) is 0. The molecule has 0 bridgehead atoms. The maximum atomic E-state index is 10.1. The van der Waals surface area contributed by atoms with Crippen molar-refractivity contribution in [3.8, 4) is 0 Å². The van der Waals surface area contributed by atoms with Crippen LogP contribution < -0.4 is 5.32 Å². The van der Waals surface area contributed by atoms with Gasteiger partial charge in [-0.2, -0.15) is 0 Å². The Kier molecular flexibility index (Phi) is 1.79. The highest BCUT2D eigenvalue weighted by atomic mass is 16.6. The lowest BCUT2D eigenvalue weighted by molar-refractivity contribution is -0.110. The summed E-state index contributed by atoms with van der Waals surface area (Å²) in [6.45, 7) is 1.35. The number of ether oxygens (including phenoxy) is 2. The van der Waals surface area contributed by atoms with Gasteiger partial charge in [-0.3, -0.25) is 4.79 Å². The Hall–Kier alpha value is -0.610. The van der Waals surface area contributed by atoms with Crippen molar-refractivity contribution in [3.63, 3.8) is 0 Å². The summed E-state index contributed by atoms with van der Waals surface area (Å²) in [5.41, 5.74) is 0. The molecule has 2 fully saturated rings. The number of amides is 1. The average molecular weight is 157 g/mol. The SMILES string of the molecule is O=CNC1COC2CCOC12. The van der Waals surface area contributed by atoms with Gasteiger partial charge in [0.05, 0.1) is 18.8 Å². The highest BCUT2D eigenvalue weighted by Crippen LogP contribution is 2.25. The van der Waals surface area contributed by atoms with Crippen molar-refractivity contribution in [3.05, 3.63) is 0 Å². The van der Waals surface area contributed by atoms with E-state index in [0.717, 1.165) is 13.0 Å². The van der Waals surface area contributed by atoms with E-state index in [9.17, 15) is 4.79 Å². The van der Waals surface area contributed by atoms with Gasteiger partial charge in [0.2, 0.25) is 6.41 Å². The molecule has 0 aliphatic carbocycles. The molecule has 3 atom stereocenters. The van der Waals surface area contributed by atoms with E-state index in [1.165, 1.54) is 0 Å². The van der Waals surface area contributed by atoms with Gasteiger partial charge in [-0.25, -0.2) is 0 Å². The van der Waals surface area contributed by atoms with Crippen LogP contribution in [0.5, 0.6) is 0 Å². The number of fused-ring (bicyclic) bond motifs is 1. The van der Waals surface area contributed by atoms with E-state index in [1.807, 2.05) is 0 Å². The molecule has 62 valence electrons. The average Bonchev–Trinajstić information content (AvgIpc) is 2.53. The monoisotopic (exact) mass is 157 g/mol. The predicted molar refractivity (Wildman–Crippen MR) is 37.1 cm³/mol. The van der Waals surface area contributed by atoms with Crippen LogP contribution in [0.1, 0.15) is 6.42 Å². The fourth-order valence-corrected chi connectivity index (χ4v) is 1.70. The highest BCUT2D eigenvalue weighted by Gasteiger charge is 2.41. The van der Waals surface area contributed by atoms with Crippen molar-refractivity contribution in [1.82, 2.24) is 5.32 Å². The molecular formula is C7H11NO3. The lowest BCUT2D eigenvalue weighted by Gasteiger charge is -2.13. The molecule has 11 heavy (non-hydrogen) atoms. The van der Waals surface area contributed by atoms with Gasteiger partial charge in [-0.15, -0.1) is 0 Å². The van der Waals surface area contributed by atoms with Crippen LogP contribution in [0.25, 0.3) is 0 Å². The molecule has 2 rings (SSSR count). The van der Waals surface area contributed by atoms with Gasteiger partial charge in [0, 0.05) is 6.61 Å². The van der Waals surface area contributed by atoms with Gasteiger partial charge in [0.15, 0.2) is 0 Å². The molecule has 2 saturated heterocycles. The molecule has 1 N–H and O–H groups in total. The van der Waals surface area contributed by atoms with Gasteiger partial charge in [0.1, 0.15) is 6.10 Å². The van der Waals surface area contributed by atoms with Crippen molar-refractivity contribution in [2.75, 3.05) is 13.2 Å². The van der Waals surface area contributed by atoms with Crippen molar-refractivity contribution >= 4 is 6.41 Å². The minimum absolute atomic E-state index is 0.0694. The summed E-state index contributed by atoms with van der Waals surface area (Å²) < 4.78 is 10.8. The Morgan fingerprint density at radius 1 is 1.45 bits per heavy atom. The highest BCUT2D eigenvalue weighted by molar-refractivity contribution is 5.47. The van der Waals surface area contributed by atoms with Crippen LogP contribution in [0, 0.1) is 0 Å². The minimum atomic E-state index is 0.0694. The van der Waals surface area contributed by atoms with E-state index < -0.39 is 0 Å². The van der Waals surface area contributed by atoms with Gasteiger partial charge < -0.3 is 14.8 Å². The van der Waals surface area contributed by atoms with Gasteiger partial charge in [-0.05, 0) is 6.42 Å². The van der Waals surface area contributed by atoms with Crippen LogP contribution in [0.2, 0.25) is 0 Å². The molecule has 0 aromatic heterocycles. The first kappa shape index (κ1) is 7.06. The molecule has 2 heterocycles. The quantitative estimate of drug-likeness (QED) is 0.538. The van der Waals surface area contributed by atoms with Crippen LogP contribution in [-0.2, 0) is 14.3 Å². The Balaban J connectivity index is 1.97. The number of hydrogen-bond donors (Lipinski definition) is 1. The smallest absolute Gasteiger partial charge is 0.207 e. The topological polar surface area (TPSA) is 47.6 Å². The second-order valence-electron chi connectivity index (χ2n) is 2.89. The summed E-state index contributed by atoms with van der Waals surface area (Å²) in [5, 5.41) is 2.69. The minimum Gasteiger partial charge on any atom is -0.373 e. The Morgan fingerprint density at radius 3 is 3.18 bits per heavy atom. The van der Waals surface area contributed by atoms with E-state index in [1.54, 1.807) is 0 Å². The number of hydrogen-bond acceptors (Lipinski definition) is 3. The zero-order valence-corrected chi connectivity index (χ0v) is 6.16.